The monoisotopic (exact) mass is 460 g/mol. The minimum absolute atomic E-state index is 0.330. The van der Waals surface area contributed by atoms with Crippen LogP contribution in [0.3, 0.4) is 0 Å². The summed E-state index contributed by atoms with van der Waals surface area (Å²) < 4.78 is 13.3. The molecule has 0 aliphatic carbocycles. The van der Waals surface area contributed by atoms with Crippen LogP contribution in [0.2, 0.25) is 0 Å². The quantitative estimate of drug-likeness (QED) is 0.435. The number of aryl methyl sites for hydroxylation is 5. The molecule has 0 bridgehead atoms. The molecule has 0 amide bonds. The van der Waals surface area contributed by atoms with Gasteiger partial charge in [0, 0.05) is 12.0 Å². The molecule has 1 aliphatic heterocycles. The number of benzene rings is 3. The maximum absolute atomic E-state index is 10.2. The average molecular weight is 461 g/mol. The first-order valence-electron chi connectivity index (χ1n) is 11.9. The van der Waals surface area contributed by atoms with Crippen LogP contribution in [0, 0.1) is 41.5 Å². The summed E-state index contributed by atoms with van der Waals surface area (Å²) in [4.78, 5) is 0. The third-order valence-corrected chi connectivity index (χ3v) is 7.22. The lowest BCUT2D eigenvalue weighted by Crippen LogP contribution is -2.27. The topological polar surface area (TPSA) is 58.9 Å². The van der Waals surface area contributed by atoms with Gasteiger partial charge in [0.15, 0.2) is 0 Å². The van der Waals surface area contributed by atoms with Gasteiger partial charge in [-0.15, -0.1) is 0 Å². The molecule has 1 atom stereocenters. The molecule has 1 aliphatic rings. The number of hydrogen-bond acceptors (Lipinski definition) is 4. The molecule has 1 unspecified atom stereocenters. The lowest BCUT2D eigenvalue weighted by molar-refractivity contribution is 0.101. The highest BCUT2D eigenvalue weighted by atomic mass is 16.5. The van der Waals surface area contributed by atoms with Crippen molar-refractivity contribution in [1.82, 2.24) is 0 Å². The standard InChI is InChI=1S/C30H36O4/c1-16-11-23(12-17(2)25(16)31)29(7,8)33-27-20(5)10-22-15-30(9,34-28(22)21(27)6)24-13-18(3)26(32)19(4)14-24/h10-14,31-32H,15H2,1-9H3. The zero-order chi connectivity index (χ0) is 25.2. The zero-order valence-electron chi connectivity index (χ0n) is 21.8. The van der Waals surface area contributed by atoms with Crippen molar-refractivity contribution >= 4 is 0 Å². The molecule has 4 rings (SSSR count). The molecule has 34 heavy (non-hydrogen) atoms. The van der Waals surface area contributed by atoms with Crippen LogP contribution in [0.15, 0.2) is 30.3 Å². The highest BCUT2D eigenvalue weighted by molar-refractivity contribution is 5.58. The summed E-state index contributed by atoms with van der Waals surface area (Å²) in [6.45, 7) is 18.0. The van der Waals surface area contributed by atoms with E-state index in [0.29, 0.717) is 11.5 Å². The highest BCUT2D eigenvalue weighted by Crippen LogP contribution is 2.48. The molecule has 0 saturated carbocycles. The van der Waals surface area contributed by atoms with Crippen molar-refractivity contribution in [2.75, 3.05) is 0 Å². The van der Waals surface area contributed by atoms with Gasteiger partial charge in [-0.25, -0.2) is 0 Å². The Balaban J connectivity index is 1.71. The van der Waals surface area contributed by atoms with Gasteiger partial charge in [0.1, 0.15) is 34.2 Å². The van der Waals surface area contributed by atoms with E-state index in [-0.39, 0.29) is 0 Å². The van der Waals surface area contributed by atoms with Crippen LogP contribution >= 0.6 is 0 Å². The van der Waals surface area contributed by atoms with Gasteiger partial charge >= 0.3 is 0 Å². The molecular formula is C30H36O4. The molecule has 0 radical (unpaired) electrons. The number of ether oxygens (including phenoxy) is 2. The van der Waals surface area contributed by atoms with Crippen molar-refractivity contribution in [1.29, 1.82) is 0 Å². The van der Waals surface area contributed by atoms with Crippen LogP contribution in [0.5, 0.6) is 23.0 Å². The van der Waals surface area contributed by atoms with Gasteiger partial charge in [0.05, 0.1) is 0 Å². The maximum atomic E-state index is 10.2. The number of fused-ring (bicyclic) bond motifs is 1. The van der Waals surface area contributed by atoms with E-state index in [4.69, 9.17) is 9.47 Å². The summed E-state index contributed by atoms with van der Waals surface area (Å²) >= 11 is 0. The maximum Gasteiger partial charge on any atom is 0.135 e. The fourth-order valence-corrected chi connectivity index (χ4v) is 5.13. The predicted octanol–water partition coefficient (Wildman–Crippen LogP) is 7.11. The molecule has 2 N–H and O–H groups in total. The van der Waals surface area contributed by atoms with Crippen LogP contribution in [0.25, 0.3) is 0 Å². The van der Waals surface area contributed by atoms with Gasteiger partial charge in [0.25, 0.3) is 0 Å². The summed E-state index contributed by atoms with van der Waals surface area (Å²) in [5.41, 5.74) is 7.59. The Bertz CT molecular complexity index is 1260. The largest absolute Gasteiger partial charge is 0.507 e. The minimum atomic E-state index is -0.597. The van der Waals surface area contributed by atoms with E-state index in [2.05, 4.69) is 40.7 Å². The van der Waals surface area contributed by atoms with Crippen LogP contribution in [0.4, 0.5) is 0 Å². The second kappa shape index (κ2) is 7.97. The van der Waals surface area contributed by atoms with Crippen LogP contribution in [0.1, 0.15) is 70.8 Å². The van der Waals surface area contributed by atoms with Gasteiger partial charge in [-0.3, -0.25) is 0 Å². The van der Waals surface area contributed by atoms with Crippen LogP contribution in [-0.2, 0) is 17.6 Å². The fraction of sp³-hybridized carbons (Fsp3) is 0.400. The summed E-state index contributed by atoms with van der Waals surface area (Å²) in [5.74, 6) is 2.37. The third-order valence-electron chi connectivity index (χ3n) is 7.22. The molecule has 3 aromatic carbocycles. The molecule has 3 aromatic rings. The van der Waals surface area contributed by atoms with Crippen molar-refractivity contribution in [2.45, 2.75) is 79.9 Å². The Kier molecular flexibility index (Phi) is 5.63. The van der Waals surface area contributed by atoms with Gasteiger partial charge in [0.2, 0.25) is 0 Å². The molecule has 180 valence electrons. The second-order valence-electron chi connectivity index (χ2n) is 10.7. The van der Waals surface area contributed by atoms with Crippen molar-refractivity contribution in [3.63, 3.8) is 0 Å². The Morgan fingerprint density at radius 2 is 1.29 bits per heavy atom. The van der Waals surface area contributed by atoms with Crippen molar-refractivity contribution < 1.29 is 19.7 Å². The van der Waals surface area contributed by atoms with E-state index in [1.165, 1.54) is 5.56 Å². The van der Waals surface area contributed by atoms with Gasteiger partial charge in [-0.05, 0) is 137 Å². The van der Waals surface area contributed by atoms with Crippen molar-refractivity contribution in [2.24, 2.45) is 0 Å². The van der Waals surface area contributed by atoms with E-state index < -0.39 is 11.2 Å². The van der Waals surface area contributed by atoms with Crippen LogP contribution in [-0.4, -0.2) is 10.2 Å². The van der Waals surface area contributed by atoms with Crippen molar-refractivity contribution in [3.05, 3.63) is 80.4 Å². The first kappa shape index (κ1) is 24.0. The Morgan fingerprint density at radius 1 is 0.794 bits per heavy atom. The van der Waals surface area contributed by atoms with E-state index in [0.717, 1.165) is 62.4 Å². The number of rotatable bonds is 4. The fourth-order valence-electron chi connectivity index (χ4n) is 5.13. The number of phenols is 2. The first-order chi connectivity index (χ1) is 15.7. The van der Waals surface area contributed by atoms with E-state index in [9.17, 15) is 10.2 Å². The highest BCUT2D eigenvalue weighted by Gasteiger charge is 2.39. The SMILES string of the molecule is Cc1cc(C(C)(C)Oc2c(C)cc3c(c2C)OC(C)(c2cc(C)c(O)c(C)c2)C3)cc(C)c1O. The van der Waals surface area contributed by atoms with Crippen molar-refractivity contribution in [3.8, 4) is 23.0 Å². The molecule has 0 fully saturated rings. The predicted molar refractivity (Wildman–Crippen MR) is 136 cm³/mol. The Morgan fingerprint density at radius 3 is 1.82 bits per heavy atom. The normalized spacial score (nSPS) is 17.4. The van der Waals surface area contributed by atoms with Gasteiger partial charge in [-0.2, -0.15) is 0 Å². The smallest absolute Gasteiger partial charge is 0.135 e. The molecular weight excluding hydrogens is 424 g/mol. The van der Waals surface area contributed by atoms with Crippen LogP contribution < -0.4 is 9.47 Å². The summed E-state index contributed by atoms with van der Waals surface area (Å²) in [6, 6.07) is 10.2. The average Bonchev–Trinajstić information content (AvgIpc) is 3.10. The van der Waals surface area contributed by atoms with Gasteiger partial charge in [-0.1, -0.05) is 0 Å². The molecule has 0 spiro atoms. The molecule has 0 saturated heterocycles. The lowest BCUT2D eigenvalue weighted by atomic mass is 9.88. The summed E-state index contributed by atoms with van der Waals surface area (Å²) in [6.07, 6.45) is 0.758. The molecule has 4 heteroatoms. The van der Waals surface area contributed by atoms with E-state index >= 15 is 0 Å². The Hall–Kier alpha value is -3.14. The summed E-state index contributed by atoms with van der Waals surface area (Å²) in [7, 11) is 0. The molecule has 1 heterocycles. The zero-order valence-corrected chi connectivity index (χ0v) is 21.8. The first-order valence-corrected chi connectivity index (χ1v) is 11.9. The van der Waals surface area contributed by atoms with E-state index in [1.54, 1.807) is 0 Å². The second-order valence-corrected chi connectivity index (χ2v) is 10.7. The Labute approximate surface area is 203 Å². The molecule has 4 nitrogen and oxygen atoms in total. The number of phenolic OH excluding ortho intramolecular Hbond substituents is 2. The lowest BCUT2D eigenvalue weighted by Gasteiger charge is -2.30. The number of hydrogen-bond donors (Lipinski definition) is 2. The molecule has 0 aromatic heterocycles. The van der Waals surface area contributed by atoms with Gasteiger partial charge < -0.3 is 19.7 Å². The minimum Gasteiger partial charge on any atom is -0.507 e. The third kappa shape index (κ3) is 3.89. The summed E-state index contributed by atoms with van der Waals surface area (Å²) in [5, 5.41) is 20.4. The van der Waals surface area contributed by atoms with E-state index in [1.807, 2.05) is 52.0 Å². The number of aromatic hydroxyl groups is 2.